The summed E-state index contributed by atoms with van der Waals surface area (Å²) in [6.45, 7) is 1.85. The molecule has 0 saturated carbocycles. The van der Waals surface area contributed by atoms with Crippen LogP contribution in [0.3, 0.4) is 0 Å². The number of carbonyl (C=O) groups excluding carboxylic acids is 3. The maximum atomic E-state index is 13.6. The Bertz CT molecular complexity index is 1180. The number of aryl methyl sites for hydroxylation is 1. The van der Waals surface area contributed by atoms with Crippen molar-refractivity contribution >= 4 is 40.7 Å². The molecule has 32 heavy (non-hydrogen) atoms. The first-order valence-electron chi connectivity index (χ1n) is 9.48. The van der Waals surface area contributed by atoms with Gasteiger partial charge in [-0.2, -0.15) is 0 Å². The van der Waals surface area contributed by atoms with Crippen LogP contribution in [-0.2, 0) is 0 Å². The molecule has 0 atom stereocenters. The fourth-order valence-electron chi connectivity index (χ4n) is 2.76. The smallest absolute Gasteiger partial charge is 0.269 e. The topological polar surface area (TPSA) is 99.3 Å². The normalized spacial score (nSPS) is 10.1. The third-order valence-corrected chi connectivity index (χ3v) is 4.63. The van der Waals surface area contributed by atoms with Gasteiger partial charge in [-0.05, 0) is 67.2 Å². The minimum atomic E-state index is -0.747. The van der Waals surface area contributed by atoms with Crippen LogP contribution in [-0.4, -0.2) is 22.8 Å². The summed E-state index contributed by atoms with van der Waals surface area (Å²) in [6.07, 6.45) is 0. The molecule has 3 rings (SSSR count). The second-order valence-corrected chi connectivity index (χ2v) is 7.10. The van der Waals surface area contributed by atoms with Gasteiger partial charge in [-0.1, -0.05) is 30.3 Å². The number of halogens is 1. The molecule has 0 saturated heterocycles. The molecule has 0 aliphatic carbocycles. The lowest BCUT2D eigenvalue weighted by molar-refractivity contribution is 0.0933. The molecule has 3 aromatic rings. The van der Waals surface area contributed by atoms with Crippen LogP contribution in [0.2, 0.25) is 0 Å². The van der Waals surface area contributed by atoms with Crippen molar-refractivity contribution in [2.24, 2.45) is 0 Å². The molecule has 0 unspecified atom stereocenters. The van der Waals surface area contributed by atoms with Gasteiger partial charge < -0.3 is 5.32 Å². The number of benzene rings is 3. The van der Waals surface area contributed by atoms with E-state index in [9.17, 15) is 18.8 Å². The van der Waals surface area contributed by atoms with Gasteiger partial charge in [0.25, 0.3) is 17.7 Å². The van der Waals surface area contributed by atoms with Gasteiger partial charge in [-0.3, -0.25) is 30.6 Å². The highest BCUT2D eigenvalue weighted by Gasteiger charge is 2.13. The number of amides is 3. The molecular formula is C23H19FN4O3S. The van der Waals surface area contributed by atoms with Gasteiger partial charge in [-0.25, -0.2) is 4.39 Å². The molecular weight excluding hydrogens is 431 g/mol. The lowest BCUT2D eigenvalue weighted by atomic mass is 10.1. The Kier molecular flexibility index (Phi) is 7.25. The van der Waals surface area contributed by atoms with E-state index in [1.165, 1.54) is 30.3 Å². The molecule has 0 aromatic heterocycles. The second kappa shape index (κ2) is 10.3. The highest BCUT2D eigenvalue weighted by molar-refractivity contribution is 7.80. The van der Waals surface area contributed by atoms with Gasteiger partial charge in [0.05, 0.1) is 5.56 Å². The zero-order valence-corrected chi connectivity index (χ0v) is 17.8. The number of nitrogens with one attached hydrogen (secondary N) is 4. The lowest BCUT2D eigenvalue weighted by Crippen LogP contribution is -2.48. The van der Waals surface area contributed by atoms with Crippen molar-refractivity contribution < 1.29 is 18.8 Å². The largest absolute Gasteiger partial charge is 0.322 e. The zero-order chi connectivity index (χ0) is 23.1. The number of thiocarbonyl (C=S) groups is 1. The molecule has 9 heteroatoms. The molecule has 0 radical (unpaired) electrons. The average Bonchev–Trinajstić information content (AvgIpc) is 2.78. The van der Waals surface area contributed by atoms with Gasteiger partial charge in [0.1, 0.15) is 5.82 Å². The van der Waals surface area contributed by atoms with E-state index in [0.717, 1.165) is 11.6 Å². The number of anilines is 1. The molecule has 0 fully saturated rings. The van der Waals surface area contributed by atoms with Gasteiger partial charge in [-0.15, -0.1) is 0 Å². The SMILES string of the molecule is Cc1ccccc1C(=O)Nc1ccc(C(=O)NNC(=S)NC(=O)c2ccccc2F)cc1. The summed E-state index contributed by atoms with van der Waals surface area (Å²) in [7, 11) is 0. The van der Waals surface area contributed by atoms with Crippen LogP contribution >= 0.6 is 12.2 Å². The molecule has 162 valence electrons. The molecule has 7 nitrogen and oxygen atoms in total. The number of hydrogen-bond acceptors (Lipinski definition) is 4. The highest BCUT2D eigenvalue weighted by atomic mass is 32.1. The fraction of sp³-hybridized carbons (Fsp3) is 0.0435. The Morgan fingerprint density at radius 2 is 1.38 bits per heavy atom. The van der Waals surface area contributed by atoms with Crippen molar-refractivity contribution in [3.8, 4) is 0 Å². The minimum Gasteiger partial charge on any atom is -0.322 e. The predicted octanol–water partition coefficient (Wildman–Crippen LogP) is 3.34. The standard InChI is InChI=1S/C23H19FN4O3S/c1-14-6-2-3-7-17(14)21(30)25-16-12-10-15(11-13-16)20(29)27-28-23(32)26-22(31)18-8-4-5-9-19(18)24/h2-13H,1H3,(H,25,30)(H,27,29)(H2,26,28,31,32). The van der Waals surface area contributed by atoms with E-state index in [4.69, 9.17) is 12.2 Å². The third-order valence-electron chi connectivity index (χ3n) is 4.43. The van der Waals surface area contributed by atoms with Gasteiger partial charge in [0.2, 0.25) is 0 Å². The van der Waals surface area contributed by atoms with Crippen LogP contribution in [0, 0.1) is 12.7 Å². The van der Waals surface area contributed by atoms with E-state index in [2.05, 4.69) is 21.5 Å². The Morgan fingerprint density at radius 1 is 0.750 bits per heavy atom. The van der Waals surface area contributed by atoms with E-state index in [-0.39, 0.29) is 22.1 Å². The Hall–Kier alpha value is -4.11. The summed E-state index contributed by atoms with van der Waals surface area (Å²) >= 11 is 4.94. The Balaban J connectivity index is 1.52. The summed E-state index contributed by atoms with van der Waals surface area (Å²) in [4.78, 5) is 36.6. The zero-order valence-electron chi connectivity index (χ0n) is 16.9. The molecule has 0 heterocycles. The first kappa shape index (κ1) is 22.6. The van der Waals surface area contributed by atoms with Crippen LogP contribution in [0.4, 0.5) is 10.1 Å². The predicted molar refractivity (Wildman–Crippen MR) is 123 cm³/mol. The molecule has 3 amide bonds. The van der Waals surface area contributed by atoms with Gasteiger partial charge >= 0.3 is 0 Å². The van der Waals surface area contributed by atoms with Crippen LogP contribution < -0.4 is 21.5 Å². The Morgan fingerprint density at radius 3 is 2.03 bits per heavy atom. The van der Waals surface area contributed by atoms with E-state index < -0.39 is 17.6 Å². The monoisotopic (exact) mass is 450 g/mol. The number of rotatable bonds is 4. The lowest BCUT2D eigenvalue weighted by Gasteiger charge is -2.12. The van der Waals surface area contributed by atoms with Crippen molar-refractivity contribution in [3.63, 3.8) is 0 Å². The van der Waals surface area contributed by atoms with Crippen LogP contribution in [0.1, 0.15) is 36.6 Å². The van der Waals surface area contributed by atoms with Crippen molar-refractivity contribution in [1.82, 2.24) is 16.2 Å². The van der Waals surface area contributed by atoms with E-state index in [1.807, 2.05) is 19.1 Å². The maximum absolute atomic E-state index is 13.6. The second-order valence-electron chi connectivity index (χ2n) is 6.69. The molecule has 4 N–H and O–H groups in total. The summed E-state index contributed by atoms with van der Waals surface area (Å²) in [6, 6.07) is 18.9. The van der Waals surface area contributed by atoms with E-state index in [0.29, 0.717) is 11.3 Å². The van der Waals surface area contributed by atoms with Crippen LogP contribution in [0.5, 0.6) is 0 Å². The van der Waals surface area contributed by atoms with Crippen LogP contribution in [0.25, 0.3) is 0 Å². The van der Waals surface area contributed by atoms with Gasteiger partial charge in [0.15, 0.2) is 5.11 Å². The molecule has 3 aromatic carbocycles. The molecule has 0 bridgehead atoms. The van der Waals surface area contributed by atoms with Crippen molar-refractivity contribution in [2.45, 2.75) is 6.92 Å². The summed E-state index contributed by atoms with van der Waals surface area (Å²) in [5.41, 5.74) is 6.77. The number of hydrazine groups is 1. The molecule has 0 spiro atoms. The first-order chi connectivity index (χ1) is 15.3. The maximum Gasteiger partial charge on any atom is 0.269 e. The first-order valence-corrected chi connectivity index (χ1v) is 9.89. The quantitative estimate of drug-likeness (QED) is 0.361. The summed E-state index contributed by atoms with van der Waals surface area (Å²) in [5, 5.41) is 4.85. The van der Waals surface area contributed by atoms with E-state index in [1.54, 1.807) is 24.3 Å². The average molecular weight is 450 g/mol. The molecule has 0 aliphatic rings. The fourth-order valence-corrected chi connectivity index (χ4v) is 2.91. The third kappa shape index (κ3) is 5.73. The Labute approximate surface area is 189 Å². The summed E-state index contributed by atoms with van der Waals surface area (Å²) < 4.78 is 13.6. The summed E-state index contributed by atoms with van der Waals surface area (Å²) in [5.74, 6) is -2.21. The van der Waals surface area contributed by atoms with E-state index >= 15 is 0 Å². The minimum absolute atomic E-state index is 0.175. The number of hydrogen-bond donors (Lipinski definition) is 4. The van der Waals surface area contributed by atoms with Gasteiger partial charge in [0, 0.05) is 16.8 Å². The number of carbonyl (C=O) groups is 3. The van der Waals surface area contributed by atoms with Crippen molar-refractivity contribution in [3.05, 3.63) is 101 Å². The van der Waals surface area contributed by atoms with Crippen molar-refractivity contribution in [1.29, 1.82) is 0 Å². The highest BCUT2D eigenvalue weighted by Crippen LogP contribution is 2.13. The molecule has 0 aliphatic heterocycles. The van der Waals surface area contributed by atoms with Crippen molar-refractivity contribution in [2.75, 3.05) is 5.32 Å². The van der Waals surface area contributed by atoms with Crippen LogP contribution in [0.15, 0.2) is 72.8 Å².